The molecule has 13 heteroatoms. The summed E-state index contributed by atoms with van der Waals surface area (Å²) in [4.78, 5) is 66.1. The highest BCUT2D eigenvalue weighted by molar-refractivity contribution is 7.81. The van der Waals surface area contributed by atoms with E-state index in [9.17, 15) is 24.0 Å². The van der Waals surface area contributed by atoms with Crippen LogP contribution in [-0.2, 0) is 36.8 Å². The van der Waals surface area contributed by atoms with Gasteiger partial charge in [0.2, 0.25) is 23.6 Å². The molecule has 0 aromatic heterocycles. The molecular formula is C33H47N5O6S2. The number of rotatable bonds is 16. The van der Waals surface area contributed by atoms with Gasteiger partial charge in [-0.1, -0.05) is 37.3 Å². The van der Waals surface area contributed by atoms with Crippen molar-refractivity contribution in [2.75, 3.05) is 12.3 Å². The zero-order valence-corrected chi connectivity index (χ0v) is 29.1. The Morgan fingerprint density at radius 2 is 1.50 bits per heavy atom. The summed E-state index contributed by atoms with van der Waals surface area (Å²) in [5.74, 6) is -2.49. The Labute approximate surface area is 282 Å². The topological polar surface area (TPSA) is 174 Å². The van der Waals surface area contributed by atoms with Crippen LogP contribution in [0, 0.1) is 13.8 Å². The number of hydrogen-bond donors (Lipinski definition) is 6. The SMILES string of the molecule is CCC(=O)Oc1cc(C)c(C[C@H](N)C(=O)N[C@H](CS)C(=O)N[C@@H](Cc2ccccc2)C(=O)N(CC)[C@@H](C(N)=O)C(C)(C)S)c(C)c1. The number of amides is 4. The standard InChI is InChI=1S/C33H47N5O6S2/c1-7-27(39)44-22-14-19(3)23(20(4)15-22)17-24(34)30(41)37-26(18-45)31(42)36-25(16-21-12-10-9-11-13-21)32(43)38(8-2)28(29(35)40)33(5,6)46/h9-15,24-26,28,45-46H,7-8,16-18,34H2,1-6H3,(H2,35,40)(H,36,42)(H,37,41)/t24-,25-,26+,28-/m0/s1. The average molecular weight is 674 g/mol. The molecule has 2 aromatic carbocycles. The van der Waals surface area contributed by atoms with Gasteiger partial charge in [-0.15, -0.1) is 0 Å². The number of nitrogens with two attached hydrogens (primary N) is 2. The van der Waals surface area contributed by atoms with Gasteiger partial charge in [0.05, 0.1) is 6.04 Å². The number of ether oxygens (including phenoxy) is 1. The number of likely N-dealkylation sites (N-methyl/N-ethyl adjacent to an activating group) is 1. The molecule has 6 N–H and O–H groups in total. The summed E-state index contributed by atoms with van der Waals surface area (Å²) in [6.07, 6.45) is 0.529. The second-order valence-corrected chi connectivity index (χ2v) is 13.3. The molecule has 252 valence electrons. The van der Waals surface area contributed by atoms with Crippen LogP contribution >= 0.6 is 25.3 Å². The third-order valence-electron chi connectivity index (χ3n) is 7.54. The molecule has 46 heavy (non-hydrogen) atoms. The van der Waals surface area contributed by atoms with E-state index in [1.54, 1.807) is 39.8 Å². The highest BCUT2D eigenvalue weighted by Gasteiger charge is 2.40. The predicted molar refractivity (Wildman–Crippen MR) is 185 cm³/mol. The molecule has 11 nitrogen and oxygen atoms in total. The number of hydrogen-bond acceptors (Lipinski definition) is 9. The molecule has 4 atom stereocenters. The molecule has 2 aromatic rings. The number of benzene rings is 2. The van der Waals surface area contributed by atoms with E-state index < -0.39 is 52.5 Å². The van der Waals surface area contributed by atoms with E-state index in [4.69, 9.17) is 16.2 Å². The van der Waals surface area contributed by atoms with Crippen molar-refractivity contribution in [2.24, 2.45) is 11.5 Å². The van der Waals surface area contributed by atoms with Crippen LogP contribution < -0.4 is 26.8 Å². The summed E-state index contributed by atoms with van der Waals surface area (Å²) in [7, 11) is 0. The van der Waals surface area contributed by atoms with E-state index >= 15 is 0 Å². The largest absolute Gasteiger partial charge is 0.427 e. The number of nitrogens with zero attached hydrogens (tertiary/aromatic N) is 1. The second kappa shape index (κ2) is 17.4. The van der Waals surface area contributed by atoms with Crippen molar-refractivity contribution in [1.82, 2.24) is 15.5 Å². The van der Waals surface area contributed by atoms with Gasteiger partial charge in [0, 0.05) is 29.9 Å². The van der Waals surface area contributed by atoms with Crippen LogP contribution in [0.1, 0.15) is 56.4 Å². The van der Waals surface area contributed by atoms with E-state index in [1.807, 2.05) is 44.2 Å². The highest BCUT2D eigenvalue weighted by atomic mass is 32.1. The maximum absolute atomic E-state index is 13.9. The molecule has 0 heterocycles. The zero-order valence-electron chi connectivity index (χ0n) is 27.3. The van der Waals surface area contributed by atoms with Crippen LogP contribution in [0.3, 0.4) is 0 Å². The van der Waals surface area contributed by atoms with E-state index in [0.29, 0.717) is 5.75 Å². The lowest BCUT2D eigenvalue weighted by molar-refractivity contribution is -0.143. The molecule has 2 rings (SSSR count). The monoisotopic (exact) mass is 673 g/mol. The maximum atomic E-state index is 13.9. The summed E-state index contributed by atoms with van der Waals surface area (Å²) in [5, 5.41) is 5.42. The Hall–Kier alpha value is -3.55. The van der Waals surface area contributed by atoms with E-state index in [0.717, 1.165) is 22.3 Å². The lowest BCUT2D eigenvalue weighted by Crippen LogP contribution is -2.62. The molecule has 0 unspecified atom stereocenters. The highest BCUT2D eigenvalue weighted by Crippen LogP contribution is 2.25. The quantitative estimate of drug-likeness (QED) is 0.0899. The van der Waals surface area contributed by atoms with Crippen molar-refractivity contribution >= 4 is 54.9 Å². The fourth-order valence-electron chi connectivity index (χ4n) is 5.19. The second-order valence-electron chi connectivity index (χ2n) is 11.8. The third kappa shape index (κ3) is 10.8. The Balaban J connectivity index is 2.26. The smallest absolute Gasteiger partial charge is 0.310 e. The molecule has 4 amide bonds. The average Bonchev–Trinajstić information content (AvgIpc) is 2.98. The number of primary amides is 1. The van der Waals surface area contributed by atoms with Crippen molar-refractivity contribution in [3.8, 4) is 5.75 Å². The summed E-state index contributed by atoms with van der Waals surface area (Å²) in [6, 6.07) is 8.24. The van der Waals surface area contributed by atoms with Gasteiger partial charge < -0.3 is 31.7 Å². The van der Waals surface area contributed by atoms with Crippen LogP contribution in [-0.4, -0.2) is 75.7 Å². The van der Waals surface area contributed by atoms with Crippen molar-refractivity contribution < 1.29 is 28.7 Å². The molecule has 0 fully saturated rings. The Morgan fingerprint density at radius 1 is 0.935 bits per heavy atom. The van der Waals surface area contributed by atoms with Crippen molar-refractivity contribution in [3.05, 3.63) is 64.7 Å². The molecular weight excluding hydrogens is 627 g/mol. The van der Waals surface area contributed by atoms with Gasteiger partial charge in [-0.05, 0) is 75.4 Å². The van der Waals surface area contributed by atoms with Gasteiger partial charge in [0.15, 0.2) is 0 Å². The maximum Gasteiger partial charge on any atom is 0.310 e. The normalized spacial score (nSPS) is 13.9. The number of carbonyl (C=O) groups is 5. The molecule has 0 saturated heterocycles. The molecule has 0 radical (unpaired) electrons. The first kappa shape index (κ1) is 38.6. The first-order valence-electron chi connectivity index (χ1n) is 15.2. The van der Waals surface area contributed by atoms with Crippen molar-refractivity contribution in [3.63, 3.8) is 0 Å². The molecule has 0 bridgehead atoms. The summed E-state index contributed by atoms with van der Waals surface area (Å²) in [6.45, 7) is 10.6. The lowest BCUT2D eigenvalue weighted by atomic mass is 9.95. The van der Waals surface area contributed by atoms with Crippen molar-refractivity contribution in [1.29, 1.82) is 0 Å². The Bertz CT molecular complexity index is 1380. The fraction of sp³-hybridized carbons (Fsp3) is 0.485. The minimum atomic E-state index is -1.12. The number of esters is 1. The van der Waals surface area contributed by atoms with Gasteiger partial charge >= 0.3 is 5.97 Å². The van der Waals surface area contributed by atoms with Crippen LogP contribution in [0.25, 0.3) is 0 Å². The van der Waals surface area contributed by atoms with Crippen molar-refractivity contribution in [2.45, 2.75) is 89.7 Å². The summed E-state index contributed by atoms with van der Waals surface area (Å²) < 4.78 is 4.35. The Morgan fingerprint density at radius 3 is 1.98 bits per heavy atom. The van der Waals surface area contributed by atoms with Gasteiger partial charge in [-0.2, -0.15) is 25.3 Å². The van der Waals surface area contributed by atoms with Gasteiger partial charge in [-0.25, -0.2) is 0 Å². The first-order valence-corrected chi connectivity index (χ1v) is 16.3. The van der Waals surface area contributed by atoms with E-state index in [-0.39, 0.29) is 37.5 Å². The predicted octanol–water partition coefficient (Wildman–Crippen LogP) is 2.04. The first-order chi connectivity index (χ1) is 21.5. The minimum Gasteiger partial charge on any atom is -0.427 e. The number of aryl methyl sites for hydroxylation is 2. The fourth-order valence-corrected chi connectivity index (χ4v) is 5.72. The molecule has 0 saturated carbocycles. The van der Waals surface area contributed by atoms with Crippen LogP contribution in [0.2, 0.25) is 0 Å². The Kier molecular flexibility index (Phi) is 14.6. The molecule has 0 spiro atoms. The van der Waals surface area contributed by atoms with Gasteiger partial charge in [0.25, 0.3) is 0 Å². The van der Waals surface area contributed by atoms with Gasteiger partial charge in [-0.3, -0.25) is 24.0 Å². The number of carbonyl (C=O) groups excluding carboxylic acids is 5. The molecule has 0 aliphatic carbocycles. The number of nitrogens with one attached hydrogen (secondary N) is 2. The number of thiol groups is 2. The third-order valence-corrected chi connectivity index (χ3v) is 8.15. The van der Waals surface area contributed by atoms with Crippen LogP contribution in [0.15, 0.2) is 42.5 Å². The van der Waals surface area contributed by atoms with Crippen LogP contribution in [0.5, 0.6) is 5.75 Å². The van der Waals surface area contributed by atoms with E-state index in [1.165, 1.54) is 4.90 Å². The lowest BCUT2D eigenvalue weighted by Gasteiger charge is -2.38. The minimum absolute atomic E-state index is 0.0723. The molecule has 0 aliphatic heterocycles. The van der Waals surface area contributed by atoms with E-state index in [2.05, 4.69) is 35.9 Å². The zero-order chi connectivity index (χ0) is 34.8. The van der Waals surface area contributed by atoms with Crippen LogP contribution in [0.4, 0.5) is 0 Å². The summed E-state index contributed by atoms with van der Waals surface area (Å²) in [5.41, 5.74) is 15.2. The van der Waals surface area contributed by atoms with Gasteiger partial charge in [0.1, 0.15) is 23.9 Å². The molecule has 0 aliphatic rings. The summed E-state index contributed by atoms with van der Waals surface area (Å²) >= 11 is 8.80.